The summed E-state index contributed by atoms with van der Waals surface area (Å²) in [6.45, 7) is 11.5. The number of hydrogen-bond acceptors (Lipinski definition) is 4. The Labute approximate surface area is 167 Å². The van der Waals surface area contributed by atoms with E-state index in [1.54, 1.807) is 0 Å². The maximum atomic E-state index is 5.92. The van der Waals surface area contributed by atoms with Gasteiger partial charge in [-0.25, -0.2) is 0 Å². The lowest BCUT2D eigenvalue weighted by molar-refractivity contribution is 0.122. The number of halogens is 1. The van der Waals surface area contributed by atoms with Crippen LogP contribution in [0.15, 0.2) is 34.2 Å². The highest BCUT2D eigenvalue weighted by Gasteiger charge is 2.18. The van der Waals surface area contributed by atoms with E-state index in [2.05, 4.69) is 53.5 Å². The molecule has 1 atom stereocenters. The molecule has 0 spiro atoms. The third-order valence-electron chi connectivity index (χ3n) is 4.50. The van der Waals surface area contributed by atoms with Gasteiger partial charge in [0.2, 0.25) is 0 Å². The number of benzene rings is 1. The number of hydrogen-bond donors (Lipinski definition) is 2. The summed E-state index contributed by atoms with van der Waals surface area (Å²) >= 11 is 7.74. The van der Waals surface area contributed by atoms with Crippen LogP contribution in [0.25, 0.3) is 0 Å². The molecule has 2 N–H and O–H groups in total. The summed E-state index contributed by atoms with van der Waals surface area (Å²) < 4.78 is 0. The molecule has 2 rings (SSSR count). The Morgan fingerprint density at radius 1 is 1.19 bits per heavy atom. The zero-order chi connectivity index (χ0) is 18.8. The lowest BCUT2D eigenvalue weighted by atomic mass is 10.2. The van der Waals surface area contributed by atoms with Crippen molar-refractivity contribution >= 4 is 29.3 Å². The van der Waals surface area contributed by atoms with Crippen LogP contribution in [0.2, 0.25) is 5.02 Å². The molecule has 0 saturated carbocycles. The van der Waals surface area contributed by atoms with E-state index >= 15 is 0 Å². The number of aliphatic imine (C=N–C) groups is 1. The summed E-state index contributed by atoms with van der Waals surface area (Å²) in [5, 5.41) is 7.55. The molecule has 7 heteroatoms. The minimum absolute atomic E-state index is 0.475. The van der Waals surface area contributed by atoms with Gasteiger partial charge >= 0.3 is 0 Å². The van der Waals surface area contributed by atoms with Gasteiger partial charge in [0.25, 0.3) is 0 Å². The first kappa shape index (κ1) is 21.4. The molecule has 0 radical (unpaired) electrons. The molecule has 0 amide bonds. The van der Waals surface area contributed by atoms with E-state index in [0.29, 0.717) is 6.04 Å². The largest absolute Gasteiger partial charge is 0.357 e. The van der Waals surface area contributed by atoms with Crippen LogP contribution in [0.5, 0.6) is 0 Å². The predicted molar refractivity (Wildman–Crippen MR) is 115 cm³/mol. The van der Waals surface area contributed by atoms with Crippen LogP contribution in [0.1, 0.15) is 13.8 Å². The smallest absolute Gasteiger partial charge is 0.191 e. The van der Waals surface area contributed by atoms with Crippen LogP contribution in [-0.4, -0.2) is 80.4 Å². The van der Waals surface area contributed by atoms with Crippen molar-refractivity contribution in [3.8, 4) is 0 Å². The Hall–Kier alpha value is -0.950. The molecule has 1 aliphatic rings. The molecule has 1 fully saturated rings. The van der Waals surface area contributed by atoms with Gasteiger partial charge in [0.05, 0.1) is 6.54 Å². The van der Waals surface area contributed by atoms with E-state index in [1.807, 2.05) is 23.9 Å². The van der Waals surface area contributed by atoms with E-state index in [0.717, 1.165) is 62.5 Å². The van der Waals surface area contributed by atoms with E-state index < -0.39 is 0 Å². The second-order valence-electron chi connectivity index (χ2n) is 6.64. The van der Waals surface area contributed by atoms with Crippen molar-refractivity contribution in [2.45, 2.75) is 24.8 Å². The molecule has 1 saturated heterocycles. The molecule has 1 heterocycles. The van der Waals surface area contributed by atoms with Crippen molar-refractivity contribution < 1.29 is 0 Å². The highest BCUT2D eigenvalue weighted by molar-refractivity contribution is 7.99. The fourth-order valence-corrected chi connectivity index (χ4v) is 3.71. The summed E-state index contributed by atoms with van der Waals surface area (Å²) in [6.07, 6.45) is 0. The Bertz CT molecular complexity index is 543. The Balaban J connectivity index is 1.72. The molecule has 0 aromatic heterocycles. The van der Waals surface area contributed by atoms with Gasteiger partial charge in [0.15, 0.2) is 5.96 Å². The van der Waals surface area contributed by atoms with Gasteiger partial charge in [-0.3, -0.25) is 9.89 Å². The minimum atomic E-state index is 0.475. The highest BCUT2D eigenvalue weighted by Crippen LogP contribution is 2.19. The molecule has 1 aromatic carbocycles. The van der Waals surface area contributed by atoms with Crippen molar-refractivity contribution in [2.24, 2.45) is 4.99 Å². The summed E-state index contributed by atoms with van der Waals surface area (Å²) in [5.41, 5.74) is 0. The SMILES string of the molecule is CCNC(=NCC(C)N1CCN(C)CC1)NCCSc1ccc(Cl)cc1. The lowest BCUT2D eigenvalue weighted by Crippen LogP contribution is -2.49. The van der Waals surface area contributed by atoms with Gasteiger partial charge in [-0.05, 0) is 45.2 Å². The van der Waals surface area contributed by atoms with E-state index in [1.165, 1.54) is 4.90 Å². The van der Waals surface area contributed by atoms with Gasteiger partial charge < -0.3 is 15.5 Å². The molecule has 5 nitrogen and oxygen atoms in total. The number of guanidine groups is 1. The van der Waals surface area contributed by atoms with Crippen LogP contribution < -0.4 is 10.6 Å². The minimum Gasteiger partial charge on any atom is -0.357 e. The first-order chi connectivity index (χ1) is 12.6. The number of nitrogens with one attached hydrogen (secondary N) is 2. The zero-order valence-corrected chi connectivity index (χ0v) is 17.7. The van der Waals surface area contributed by atoms with Gasteiger partial charge in [0, 0.05) is 61.0 Å². The quantitative estimate of drug-likeness (QED) is 0.305. The first-order valence-electron chi connectivity index (χ1n) is 9.41. The normalized spacial score (nSPS) is 17.9. The Morgan fingerprint density at radius 3 is 2.54 bits per heavy atom. The number of rotatable bonds is 8. The van der Waals surface area contributed by atoms with Crippen LogP contribution in [0, 0.1) is 0 Å². The summed E-state index contributed by atoms with van der Waals surface area (Å²) in [6, 6.07) is 8.46. The zero-order valence-electron chi connectivity index (χ0n) is 16.2. The van der Waals surface area contributed by atoms with E-state index in [-0.39, 0.29) is 0 Å². The van der Waals surface area contributed by atoms with Crippen LogP contribution in [0.3, 0.4) is 0 Å². The molecule has 1 unspecified atom stereocenters. The number of nitrogens with zero attached hydrogens (tertiary/aromatic N) is 3. The molecular formula is C19H32ClN5S. The Morgan fingerprint density at radius 2 is 1.88 bits per heavy atom. The summed E-state index contributed by atoms with van der Waals surface area (Å²) in [7, 11) is 2.19. The third kappa shape index (κ3) is 7.74. The standard InChI is InChI=1S/C19H32ClN5S/c1-4-21-19(22-9-14-26-18-7-5-17(20)6-8-18)23-15-16(2)25-12-10-24(3)11-13-25/h5-8,16H,4,9-15H2,1-3H3,(H2,21,22,23). The highest BCUT2D eigenvalue weighted by atomic mass is 35.5. The maximum Gasteiger partial charge on any atom is 0.191 e. The fourth-order valence-electron chi connectivity index (χ4n) is 2.81. The fraction of sp³-hybridized carbons (Fsp3) is 0.632. The van der Waals surface area contributed by atoms with Gasteiger partial charge in [-0.1, -0.05) is 11.6 Å². The second kappa shape index (κ2) is 11.7. The van der Waals surface area contributed by atoms with Gasteiger partial charge in [-0.15, -0.1) is 11.8 Å². The van der Waals surface area contributed by atoms with Gasteiger partial charge in [-0.2, -0.15) is 0 Å². The van der Waals surface area contributed by atoms with E-state index in [9.17, 15) is 0 Å². The van der Waals surface area contributed by atoms with Crippen molar-refractivity contribution in [3.05, 3.63) is 29.3 Å². The number of piperazine rings is 1. The molecule has 146 valence electrons. The second-order valence-corrected chi connectivity index (χ2v) is 8.24. The third-order valence-corrected chi connectivity index (χ3v) is 5.76. The van der Waals surface area contributed by atoms with Crippen molar-refractivity contribution in [1.82, 2.24) is 20.4 Å². The topological polar surface area (TPSA) is 42.9 Å². The lowest BCUT2D eigenvalue weighted by Gasteiger charge is -2.35. The number of thioether (sulfide) groups is 1. The molecule has 1 aromatic rings. The van der Waals surface area contributed by atoms with Crippen LogP contribution in [-0.2, 0) is 0 Å². The monoisotopic (exact) mass is 397 g/mol. The van der Waals surface area contributed by atoms with Crippen molar-refractivity contribution in [2.75, 3.05) is 58.6 Å². The summed E-state index contributed by atoms with van der Waals surface area (Å²) in [4.78, 5) is 10.9. The molecule has 1 aliphatic heterocycles. The molecular weight excluding hydrogens is 366 g/mol. The van der Waals surface area contributed by atoms with E-state index in [4.69, 9.17) is 16.6 Å². The molecule has 0 aliphatic carbocycles. The maximum absolute atomic E-state index is 5.92. The first-order valence-corrected chi connectivity index (χ1v) is 10.8. The van der Waals surface area contributed by atoms with Gasteiger partial charge in [0.1, 0.15) is 0 Å². The summed E-state index contributed by atoms with van der Waals surface area (Å²) in [5.74, 6) is 1.89. The predicted octanol–water partition coefficient (Wildman–Crippen LogP) is 2.62. The molecule has 0 bridgehead atoms. The van der Waals surface area contributed by atoms with Crippen molar-refractivity contribution in [1.29, 1.82) is 0 Å². The van der Waals surface area contributed by atoms with Crippen LogP contribution in [0.4, 0.5) is 0 Å². The molecule has 26 heavy (non-hydrogen) atoms. The average molecular weight is 398 g/mol. The van der Waals surface area contributed by atoms with Crippen molar-refractivity contribution in [3.63, 3.8) is 0 Å². The average Bonchev–Trinajstić information content (AvgIpc) is 2.65. The van der Waals surface area contributed by atoms with Crippen LogP contribution >= 0.6 is 23.4 Å². The number of likely N-dealkylation sites (N-methyl/N-ethyl adjacent to an activating group) is 1. The Kier molecular flexibility index (Phi) is 9.61.